The summed E-state index contributed by atoms with van der Waals surface area (Å²) in [5, 5.41) is 12.6. The minimum absolute atomic E-state index is 0.0614. The normalized spacial score (nSPS) is 16.5. The number of benzene rings is 1. The van der Waals surface area contributed by atoms with E-state index < -0.39 is 17.1 Å². The van der Waals surface area contributed by atoms with Crippen LogP contribution in [0.1, 0.15) is 39.2 Å². The molecule has 1 aliphatic heterocycles. The lowest BCUT2D eigenvalue weighted by atomic mass is 9.79. The summed E-state index contributed by atoms with van der Waals surface area (Å²) in [5.74, 6) is 0. The summed E-state index contributed by atoms with van der Waals surface area (Å²) in [7, 11) is 0. The highest BCUT2D eigenvalue weighted by Gasteiger charge is 2.37. The first-order valence-electron chi connectivity index (χ1n) is 9.26. The summed E-state index contributed by atoms with van der Waals surface area (Å²) >= 11 is 0. The molecule has 0 aliphatic carbocycles. The molecule has 1 aromatic carbocycles. The van der Waals surface area contributed by atoms with E-state index in [0.29, 0.717) is 32.5 Å². The van der Waals surface area contributed by atoms with Crippen molar-refractivity contribution >= 4 is 12.2 Å². The van der Waals surface area contributed by atoms with Crippen molar-refractivity contribution in [3.05, 3.63) is 35.9 Å². The summed E-state index contributed by atoms with van der Waals surface area (Å²) in [4.78, 5) is 25.7. The lowest BCUT2D eigenvalue weighted by Crippen LogP contribution is -2.50. The van der Waals surface area contributed by atoms with Crippen LogP contribution in [0, 0.1) is 5.41 Å². The van der Waals surface area contributed by atoms with Crippen LogP contribution >= 0.6 is 0 Å². The fraction of sp³-hybridized carbons (Fsp3) is 0.600. The Morgan fingerprint density at radius 3 is 2.37 bits per heavy atom. The van der Waals surface area contributed by atoms with E-state index in [9.17, 15) is 14.7 Å². The van der Waals surface area contributed by atoms with Crippen molar-refractivity contribution in [3.63, 3.8) is 0 Å². The second-order valence-corrected chi connectivity index (χ2v) is 8.04. The first-order chi connectivity index (χ1) is 12.7. The second kappa shape index (κ2) is 9.08. The number of aliphatic hydroxyl groups excluding tert-OH is 1. The van der Waals surface area contributed by atoms with E-state index in [1.807, 2.05) is 51.1 Å². The zero-order valence-electron chi connectivity index (χ0n) is 16.4. The van der Waals surface area contributed by atoms with Crippen molar-refractivity contribution < 1.29 is 24.2 Å². The van der Waals surface area contributed by atoms with Gasteiger partial charge in [0.05, 0.1) is 6.61 Å². The Hall–Kier alpha value is -2.28. The monoisotopic (exact) mass is 378 g/mol. The SMILES string of the molecule is CC(C)(C)OC(=O)N1CCC(CO)(CNC(=O)OCc2ccccc2)CC1. The minimum Gasteiger partial charge on any atom is -0.445 e. The van der Waals surface area contributed by atoms with E-state index in [1.165, 1.54) is 0 Å². The highest BCUT2D eigenvalue weighted by Crippen LogP contribution is 2.31. The topological polar surface area (TPSA) is 88.1 Å². The molecule has 150 valence electrons. The molecule has 0 aromatic heterocycles. The maximum atomic E-state index is 12.2. The number of carbonyl (C=O) groups is 2. The molecule has 0 unspecified atom stereocenters. The Morgan fingerprint density at radius 1 is 1.19 bits per heavy atom. The Balaban J connectivity index is 1.77. The number of aliphatic hydroxyl groups is 1. The predicted octanol–water partition coefficient (Wildman–Crippen LogP) is 2.92. The molecule has 1 heterocycles. The third-order valence-corrected chi connectivity index (χ3v) is 4.63. The van der Waals surface area contributed by atoms with E-state index in [0.717, 1.165) is 5.56 Å². The molecule has 7 heteroatoms. The van der Waals surface area contributed by atoms with Gasteiger partial charge in [-0.1, -0.05) is 30.3 Å². The number of nitrogens with one attached hydrogen (secondary N) is 1. The molecule has 7 nitrogen and oxygen atoms in total. The van der Waals surface area contributed by atoms with Crippen LogP contribution in [0.2, 0.25) is 0 Å². The van der Waals surface area contributed by atoms with E-state index in [1.54, 1.807) is 4.90 Å². The van der Waals surface area contributed by atoms with E-state index in [2.05, 4.69) is 5.32 Å². The molecule has 1 fully saturated rings. The average molecular weight is 378 g/mol. The number of piperidine rings is 1. The maximum absolute atomic E-state index is 12.2. The molecule has 0 radical (unpaired) electrons. The maximum Gasteiger partial charge on any atom is 0.410 e. The fourth-order valence-electron chi connectivity index (χ4n) is 2.91. The molecule has 0 saturated carbocycles. The summed E-state index contributed by atoms with van der Waals surface area (Å²) in [6, 6.07) is 9.44. The molecule has 2 N–H and O–H groups in total. The van der Waals surface area contributed by atoms with Gasteiger partial charge in [-0.2, -0.15) is 0 Å². The van der Waals surface area contributed by atoms with Crippen LogP contribution in [-0.2, 0) is 16.1 Å². The first-order valence-corrected chi connectivity index (χ1v) is 9.26. The van der Waals surface area contributed by atoms with Crippen molar-refractivity contribution in [2.75, 3.05) is 26.2 Å². The van der Waals surface area contributed by atoms with Gasteiger partial charge in [0, 0.05) is 25.0 Å². The predicted molar refractivity (Wildman–Crippen MR) is 101 cm³/mol. The lowest BCUT2D eigenvalue weighted by Gasteiger charge is -2.40. The number of hydrogen-bond acceptors (Lipinski definition) is 5. The van der Waals surface area contributed by atoms with Crippen molar-refractivity contribution in [1.82, 2.24) is 10.2 Å². The number of nitrogens with zero attached hydrogens (tertiary/aromatic N) is 1. The van der Waals surface area contributed by atoms with E-state index in [4.69, 9.17) is 9.47 Å². The Bertz CT molecular complexity index is 619. The highest BCUT2D eigenvalue weighted by molar-refractivity contribution is 5.68. The second-order valence-electron chi connectivity index (χ2n) is 8.04. The van der Waals surface area contributed by atoms with Crippen molar-refractivity contribution in [3.8, 4) is 0 Å². The zero-order chi connectivity index (χ0) is 19.9. The van der Waals surface area contributed by atoms with Crippen LogP contribution in [0.5, 0.6) is 0 Å². The van der Waals surface area contributed by atoms with Crippen molar-refractivity contribution in [2.24, 2.45) is 5.41 Å². The number of amides is 2. The minimum atomic E-state index is -0.535. The largest absolute Gasteiger partial charge is 0.445 e. The van der Waals surface area contributed by atoms with Gasteiger partial charge >= 0.3 is 12.2 Å². The Labute approximate surface area is 160 Å². The smallest absolute Gasteiger partial charge is 0.410 e. The van der Waals surface area contributed by atoms with Gasteiger partial charge < -0.3 is 24.8 Å². The van der Waals surface area contributed by atoms with Gasteiger partial charge in [-0.25, -0.2) is 9.59 Å². The van der Waals surface area contributed by atoms with Gasteiger partial charge in [0.2, 0.25) is 0 Å². The molecule has 1 saturated heterocycles. The lowest BCUT2D eigenvalue weighted by molar-refractivity contribution is -0.000327. The van der Waals surface area contributed by atoms with Gasteiger partial charge in [-0.15, -0.1) is 0 Å². The van der Waals surface area contributed by atoms with Crippen LogP contribution in [0.25, 0.3) is 0 Å². The standard InChI is InChI=1S/C20H30N2O5/c1-19(2,3)27-18(25)22-11-9-20(15-23,10-12-22)14-21-17(24)26-13-16-7-5-4-6-8-16/h4-8,23H,9-15H2,1-3H3,(H,21,24). The van der Waals surface area contributed by atoms with Crippen molar-refractivity contribution in [1.29, 1.82) is 0 Å². The van der Waals surface area contributed by atoms with Crippen LogP contribution < -0.4 is 5.32 Å². The van der Waals surface area contributed by atoms with Crippen LogP contribution in [0.15, 0.2) is 30.3 Å². The third-order valence-electron chi connectivity index (χ3n) is 4.63. The molecule has 0 spiro atoms. The average Bonchev–Trinajstić information content (AvgIpc) is 2.64. The molecular formula is C20H30N2O5. The van der Waals surface area contributed by atoms with Gasteiger partial charge in [0.25, 0.3) is 0 Å². The van der Waals surface area contributed by atoms with Gasteiger partial charge in [-0.3, -0.25) is 0 Å². The van der Waals surface area contributed by atoms with Gasteiger partial charge in [0.15, 0.2) is 0 Å². The molecule has 1 aromatic rings. The first kappa shape index (κ1) is 21.0. The number of carbonyl (C=O) groups excluding carboxylic acids is 2. The Kier molecular flexibility index (Phi) is 7.07. The number of ether oxygens (including phenoxy) is 2. The third kappa shape index (κ3) is 6.75. The quantitative estimate of drug-likeness (QED) is 0.822. The molecule has 1 aliphatic rings. The van der Waals surface area contributed by atoms with Crippen LogP contribution in [0.3, 0.4) is 0 Å². The van der Waals surface area contributed by atoms with Gasteiger partial charge in [0.1, 0.15) is 12.2 Å². The molecule has 0 atom stereocenters. The summed E-state index contributed by atoms with van der Waals surface area (Å²) in [6.07, 6.45) is 0.314. The number of hydrogen-bond donors (Lipinski definition) is 2. The molecule has 0 bridgehead atoms. The van der Waals surface area contributed by atoms with Gasteiger partial charge in [-0.05, 0) is 39.2 Å². The molecule has 2 rings (SSSR count). The van der Waals surface area contributed by atoms with Crippen molar-refractivity contribution in [2.45, 2.75) is 45.8 Å². The zero-order valence-corrected chi connectivity index (χ0v) is 16.4. The highest BCUT2D eigenvalue weighted by atomic mass is 16.6. The van der Waals surface area contributed by atoms with Crippen LogP contribution in [0.4, 0.5) is 9.59 Å². The summed E-state index contributed by atoms with van der Waals surface area (Å²) in [6.45, 7) is 6.90. The number of likely N-dealkylation sites (tertiary alicyclic amines) is 1. The van der Waals surface area contributed by atoms with E-state index >= 15 is 0 Å². The molecule has 2 amide bonds. The molecular weight excluding hydrogens is 348 g/mol. The summed E-state index contributed by atoms with van der Waals surface area (Å²) < 4.78 is 10.6. The number of alkyl carbamates (subject to hydrolysis) is 1. The number of rotatable bonds is 5. The van der Waals surface area contributed by atoms with Crippen LogP contribution in [-0.4, -0.2) is 54.0 Å². The molecule has 27 heavy (non-hydrogen) atoms. The van der Waals surface area contributed by atoms with E-state index in [-0.39, 0.29) is 19.3 Å². The summed E-state index contributed by atoms with van der Waals surface area (Å²) in [5.41, 5.74) is -0.0769. The Morgan fingerprint density at radius 2 is 1.81 bits per heavy atom. The fourth-order valence-corrected chi connectivity index (χ4v) is 2.91.